The van der Waals surface area contributed by atoms with E-state index < -0.39 is 22.3 Å². The summed E-state index contributed by atoms with van der Waals surface area (Å²) < 4.78 is 13.2. The molecule has 0 unspecified atom stereocenters. The number of rotatable bonds is 3. The summed E-state index contributed by atoms with van der Waals surface area (Å²) in [5, 5.41) is 13.1. The fraction of sp³-hybridized carbons (Fsp3) is 0. The molecule has 0 radical (unpaired) electrons. The van der Waals surface area contributed by atoms with E-state index in [1.54, 1.807) is 0 Å². The number of nitrogens with two attached hydrogens (primary N) is 1. The van der Waals surface area contributed by atoms with Gasteiger partial charge in [-0.25, -0.2) is 9.37 Å². The summed E-state index contributed by atoms with van der Waals surface area (Å²) in [5.74, 6) is -1.66. The number of carbonyl (C=O) groups excluding carboxylic acids is 1. The summed E-state index contributed by atoms with van der Waals surface area (Å²) in [7, 11) is 0. The van der Waals surface area contributed by atoms with E-state index in [9.17, 15) is 19.3 Å². The Labute approximate surface area is 105 Å². The quantitative estimate of drug-likeness (QED) is 0.437. The molecule has 1 heterocycles. The molecule has 0 bridgehead atoms. The van der Waals surface area contributed by atoms with E-state index in [-0.39, 0.29) is 17.2 Å². The number of amides is 1. The minimum atomic E-state index is -0.957. The Bertz CT molecular complexity index is 641. The van der Waals surface area contributed by atoms with Crippen molar-refractivity contribution < 1.29 is 14.1 Å². The highest BCUT2D eigenvalue weighted by Crippen LogP contribution is 2.24. The second kappa shape index (κ2) is 4.72. The standard InChI is InChI=1S/C10H8FN5O3/c11-6-4-8(16(18)19)5(3-7(6)12)9(17)15-10-13-1-2-14-10/h1-4H,12H2,(H2,13,14,15,17). The van der Waals surface area contributed by atoms with Crippen LogP contribution in [-0.2, 0) is 0 Å². The van der Waals surface area contributed by atoms with Crippen molar-refractivity contribution in [2.75, 3.05) is 11.1 Å². The Morgan fingerprint density at radius 3 is 2.84 bits per heavy atom. The number of nitrogen functional groups attached to an aromatic ring is 1. The van der Waals surface area contributed by atoms with E-state index in [4.69, 9.17) is 5.73 Å². The van der Waals surface area contributed by atoms with Gasteiger partial charge in [-0.3, -0.25) is 20.2 Å². The fourth-order valence-corrected chi connectivity index (χ4v) is 1.42. The van der Waals surface area contributed by atoms with E-state index in [1.165, 1.54) is 12.4 Å². The highest BCUT2D eigenvalue weighted by Gasteiger charge is 2.23. The second-order valence-corrected chi connectivity index (χ2v) is 3.54. The summed E-state index contributed by atoms with van der Waals surface area (Å²) in [6, 6.07) is 1.51. The largest absolute Gasteiger partial charge is 0.396 e. The van der Waals surface area contributed by atoms with Gasteiger partial charge in [0.05, 0.1) is 16.7 Å². The minimum absolute atomic E-state index is 0.113. The first kappa shape index (κ1) is 12.5. The molecule has 4 N–H and O–H groups in total. The number of nitrogens with zero attached hydrogens (tertiary/aromatic N) is 2. The summed E-state index contributed by atoms with van der Waals surface area (Å²) in [6.45, 7) is 0. The summed E-state index contributed by atoms with van der Waals surface area (Å²) in [4.78, 5) is 28.1. The number of hydrogen-bond acceptors (Lipinski definition) is 5. The molecule has 9 heteroatoms. The van der Waals surface area contributed by atoms with Crippen LogP contribution in [-0.4, -0.2) is 20.8 Å². The van der Waals surface area contributed by atoms with Crippen molar-refractivity contribution in [2.24, 2.45) is 0 Å². The molecule has 0 aliphatic heterocycles. The van der Waals surface area contributed by atoms with Crippen LogP contribution in [0.1, 0.15) is 10.4 Å². The number of carbonyl (C=O) groups is 1. The lowest BCUT2D eigenvalue weighted by atomic mass is 10.1. The SMILES string of the molecule is Nc1cc(C(=O)Nc2ncc[nH]2)c([N+](=O)[O-])cc1F. The van der Waals surface area contributed by atoms with Gasteiger partial charge in [0.2, 0.25) is 5.95 Å². The molecule has 0 aliphatic rings. The first-order chi connectivity index (χ1) is 8.99. The van der Waals surface area contributed by atoms with Gasteiger partial charge in [-0.15, -0.1) is 0 Å². The number of halogens is 1. The van der Waals surface area contributed by atoms with Crippen LogP contribution in [0.4, 0.5) is 21.7 Å². The van der Waals surface area contributed by atoms with Gasteiger partial charge in [0.15, 0.2) is 5.82 Å². The third-order valence-corrected chi connectivity index (χ3v) is 2.29. The fourth-order valence-electron chi connectivity index (χ4n) is 1.42. The van der Waals surface area contributed by atoms with E-state index >= 15 is 0 Å². The van der Waals surface area contributed by atoms with Crippen molar-refractivity contribution in [2.45, 2.75) is 0 Å². The van der Waals surface area contributed by atoms with E-state index in [0.717, 1.165) is 6.07 Å². The molecule has 1 aromatic heterocycles. The molecule has 2 aromatic rings. The Balaban J connectivity index is 2.40. The number of aromatic nitrogens is 2. The molecule has 1 amide bonds. The minimum Gasteiger partial charge on any atom is -0.396 e. The number of hydrogen-bond donors (Lipinski definition) is 3. The highest BCUT2D eigenvalue weighted by molar-refractivity contribution is 6.06. The van der Waals surface area contributed by atoms with E-state index in [1.807, 2.05) is 0 Å². The maximum absolute atomic E-state index is 13.2. The first-order valence-corrected chi connectivity index (χ1v) is 5.03. The molecule has 1 aromatic carbocycles. The zero-order valence-corrected chi connectivity index (χ0v) is 9.38. The molecule has 0 saturated carbocycles. The predicted octanol–water partition coefficient (Wildman–Crippen LogP) is 1.29. The van der Waals surface area contributed by atoms with Crippen molar-refractivity contribution in [1.82, 2.24) is 9.97 Å². The molecular formula is C10H8FN5O3. The van der Waals surface area contributed by atoms with Gasteiger partial charge in [0.25, 0.3) is 11.6 Å². The maximum Gasteiger partial charge on any atom is 0.285 e. The van der Waals surface area contributed by atoms with Crippen LogP contribution in [0.3, 0.4) is 0 Å². The van der Waals surface area contributed by atoms with Gasteiger partial charge in [-0.1, -0.05) is 0 Å². The number of anilines is 2. The predicted molar refractivity (Wildman–Crippen MR) is 64.0 cm³/mol. The first-order valence-electron chi connectivity index (χ1n) is 5.03. The lowest BCUT2D eigenvalue weighted by molar-refractivity contribution is -0.385. The summed E-state index contributed by atoms with van der Waals surface area (Å²) in [5.41, 5.74) is 3.93. The molecule has 19 heavy (non-hydrogen) atoms. The van der Waals surface area contributed by atoms with Gasteiger partial charge in [0, 0.05) is 12.4 Å². The normalized spacial score (nSPS) is 10.2. The van der Waals surface area contributed by atoms with Gasteiger partial charge in [0.1, 0.15) is 5.56 Å². The summed E-state index contributed by atoms with van der Waals surface area (Å²) >= 11 is 0. The Morgan fingerprint density at radius 1 is 1.53 bits per heavy atom. The number of benzene rings is 1. The van der Waals surface area contributed by atoms with Gasteiger partial charge >= 0.3 is 0 Å². The summed E-state index contributed by atoms with van der Waals surface area (Å²) in [6.07, 6.45) is 2.85. The van der Waals surface area contributed by atoms with Gasteiger partial charge < -0.3 is 10.7 Å². The van der Waals surface area contributed by atoms with Crippen molar-refractivity contribution in [1.29, 1.82) is 0 Å². The number of imidazole rings is 1. The number of nitro benzene ring substituents is 1. The third-order valence-electron chi connectivity index (χ3n) is 2.29. The van der Waals surface area contributed by atoms with E-state index in [2.05, 4.69) is 15.3 Å². The monoisotopic (exact) mass is 265 g/mol. The van der Waals surface area contributed by atoms with Crippen LogP contribution >= 0.6 is 0 Å². The Kier molecular flexibility index (Phi) is 3.10. The van der Waals surface area contributed by atoms with Crippen molar-refractivity contribution in [3.8, 4) is 0 Å². The third kappa shape index (κ3) is 2.49. The molecule has 2 rings (SSSR count). The average molecular weight is 265 g/mol. The van der Waals surface area contributed by atoms with E-state index in [0.29, 0.717) is 6.07 Å². The Morgan fingerprint density at radius 2 is 2.26 bits per heavy atom. The molecule has 0 spiro atoms. The van der Waals surface area contributed by atoms with Crippen molar-refractivity contribution >= 4 is 23.2 Å². The van der Waals surface area contributed by atoms with Crippen LogP contribution in [0.5, 0.6) is 0 Å². The number of H-pyrrole nitrogens is 1. The number of aromatic amines is 1. The van der Waals surface area contributed by atoms with Crippen LogP contribution < -0.4 is 11.1 Å². The molecule has 98 valence electrons. The average Bonchev–Trinajstić information content (AvgIpc) is 2.84. The molecular weight excluding hydrogens is 257 g/mol. The van der Waals surface area contributed by atoms with Gasteiger partial charge in [-0.2, -0.15) is 0 Å². The highest BCUT2D eigenvalue weighted by atomic mass is 19.1. The topological polar surface area (TPSA) is 127 Å². The molecule has 0 aliphatic carbocycles. The molecule has 8 nitrogen and oxygen atoms in total. The maximum atomic E-state index is 13.2. The van der Waals surface area contributed by atoms with Crippen molar-refractivity contribution in [3.05, 3.63) is 46.0 Å². The van der Waals surface area contributed by atoms with Crippen LogP contribution in [0.25, 0.3) is 0 Å². The smallest absolute Gasteiger partial charge is 0.285 e. The zero-order chi connectivity index (χ0) is 14.0. The van der Waals surface area contributed by atoms with Gasteiger partial charge in [-0.05, 0) is 6.07 Å². The number of nitrogens with one attached hydrogen (secondary N) is 2. The molecule has 0 saturated heterocycles. The lowest BCUT2D eigenvalue weighted by Gasteiger charge is -2.05. The number of nitro groups is 1. The van der Waals surface area contributed by atoms with Crippen LogP contribution in [0.15, 0.2) is 24.5 Å². The van der Waals surface area contributed by atoms with Crippen LogP contribution in [0, 0.1) is 15.9 Å². The van der Waals surface area contributed by atoms with Crippen molar-refractivity contribution in [3.63, 3.8) is 0 Å². The lowest BCUT2D eigenvalue weighted by Crippen LogP contribution is -2.15. The second-order valence-electron chi connectivity index (χ2n) is 3.54. The van der Waals surface area contributed by atoms with Crippen LogP contribution in [0.2, 0.25) is 0 Å². The Hall–Kier alpha value is -2.97. The zero-order valence-electron chi connectivity index (χ0n) is 9.38. The molecule has 0 atom stereocenters. The molecule has 0 fully saturated rings.